The van der Waals surface area contributed by atoms with Gasteiger partial charge in [-0.2, -0.15) is 5.10 Å². The predicted octanol–water partition coefficient (Wildman–Crippen LogP) is 3.92. The van der Waals surface area contributed by atoms with Crippen molar-refractivity contribution in [3.63, 3.8) is 0 Å². The summed E-state index contributed by atoms with van der Waals surface area (Å²) in [6.07, 6.45) is 1.59. The van der Waals surface area contributed by atoms with Crippen molar-refractivity contribution in [2.24, 2.45) is 0 Å². The van der Waals surface area contributed by atoms with Crippen molar-refractivity contribution >= 4 is 0 Å². The van der Waals surface area contributed by atoms with Crippen LogP contribution in [0.2, 0.25) is 0 Å². The number of alkyl halides is 1. The van der Waals surface area contributed by atoms with Crippen LogP contribution in [-0.4, -0.2) is 9.78 Å². The first-order chi connectivity index (χ1) is 8.82. The molecule has 0 aliphatic rings. The van der Waals surface area contributed by atoms with Gasteiger partial charge in [0.2, 0.25) is 0 Å². The van der Waals surface area contributed by atoms with E-state index in [-0.39, 0.29) is 16.8 Å². The second kappa shape index (κ2) is 4.72. The van der Waals surface area contributed by atoms with Gasteiger partial charge < -0.3 is 0 Å². The van der Waals surface area contributed by atoms with E-state index in [1.807, 2.05) is 20.8 Å². The first-order valence-corrected chi connectivity index (χ1v) is 5.93. The van der Waals surface area contributed by atoms with E-state index in [9.17, 15) is 13.2 Å². The minimum Gasteiger partial charge on any atom is -0.244 e. The molecular formula is C14H15F3N2. The monoisotopic (exact) mass is 268 g/mol. The van der Waals surface area contributed by atoms with Gasteiger partial charge in [-0.05, 0) is 17.5 Å². The Morgan fingerprint density at radius 3 is 2.37 bits per heavy atom. The maximum atomic E-state index is 13.7. The summed E-state index contributed by atoms with van der Waals surface area (Å²) in [7, 11) is 0. The number of hydrogen-bond donors (Lipinski definition) is 0. The first kappa shape index (κ1) is 13.6. The molecule has 0 atom stereocenters. The molecule has 5 heteroatoms. The lowest BCUT2D eigenvalue weighted by molar-refractivity contribution is 0.460. The van der Waals surface area contributed by atoms with Gasteiger partial charge in [0, 0.05) is 17.8 Å². The summed E-state index contributed by atoms with van der Waals surface area (Å²) in [5, 5.41) is 4.04. The summed E-state index contributed by atoms with van der Waals surface area (Å²) in [5.74, 6) is -1.39. The number of nitrogens with zero attached hydrogens (tertiary/aromatic N) is 2. The summed E-state index contributed by atoms with van der Waals surface area (Å²) in [5.41, 5.74) is 0.789. The number of rotatable bonds is 2. The van der Waals surface area contributed by atoms with Crippen molar-refractivity contribution in [1.82, 2.24) is 9.78 Å². The smallest absolute Gasteiger partial charge is 0.151 e. The standard InChI is InChI=1S/C14H15F3N2/c1-14(2,3)10-8-19(18-12(10)7-15)13-5-4-9(16)6-11(13)17/h4-6,8H,7H2,1-3H3. The van der Waals surface area contributed by atoms with Crippen molar-refractivity contribution in [3.05, 3.63) is 47.3 Å². The van der Waals surface area contributed by atoms with Crippen LogP contribution in [0.1, 0.15) is 32.0 Å². The highest BCUT2D eigenvalue weighted by molar-refractivity contribution is 5.36. The van der Waals surface area contributed by atoms with E-state index >= 15 is 0 Å². The van der Waals surface area contributed by atoms with Gasteiger partial charge in [0.05, 0.1) is 5.69 Å². The lowest BCUT2D eigenvalue weighted by Gasteiger charge is -2.17. The highest BCUT2D eigenvalue weighted by atomic mass is 19.1. The normalized spacial score (nSPS) is 11.9. The van der Waals surface area contributed by atoms with Gasteiger partial charge in [-0.3, -0.25) is 0 Å². The third-order valence-electron chi connectivity index (χ3n) is 2.88. The van der Waals surface area contributed by atoms with Crippen LogP contribution in [0.3, 0.4) is 0 Å². The molecule has 0 aliphatic carbocycles. The third kappa shape index (κ3) is 2.64. The SMILES string of the molecule is CC(C)(C)c1cn(-c2ccc(F)cc2F)nc1CF. The van der Waals surface area contributed by atoms with Crippen LogP contribution >= 0.6 is 0 Å². The molecule has 0 amide bonds. The predicted molar refractivity (Wildman–Crippen MR) is 67.0 cm³/mol. The molecule has 0 aliphatic heterocycles. The van der Waals surface area contributed by atoms with E-state index in [4.69, 9.17) is 0 Å². The summed E-state index contributed by atoms with van der Waals surface area (Å²) < 4.78 is 40.8. The Morgan fingerprint density at radius 1 is 1.21 bits per heavy atom. The Hall–Kier alpha value is -1.78. The van der Waals surface area contributed by atoms with Crippen LogP contribution in [0.25, 0.3) is 5.69 Å². The quantitative estimate of drug-likeness (QED) is 0.807. The Kier molecular flexibility index (Phi) is 3.39. The fourth-order valence-corrected chi connectivity index (χ4v) is 1.93. The molecule has 1 aromatic carbocycles. The topological polar surface area (TPSA) is 17.8 Å². The molecule has 102 valence electrons. The van der Waals surface area contributed by atoms with Gasteiger partial charge in [0.15, 0.2) is 5.82 Å². The molecule has 0 radical (unpaired) electrons. The average molecular weight is 268 g/mol. The summed E-state index contributed by atoms with van der Waals surface area (Å²) >= 11 is 0. The van der Waals surface area contributed by atoms with Crippen molar-refractivity contribution in [1.29, 1.82) is 0 Å². The van der Waals surface area contributed by atoms with E-state index in [1.165, 1.54) is 10.7 Å². The minimum atomic E-state index is -0.728. The molecule has 1 heterocycles. The summed E-state index contributed by atoms with van der Waals surface area (Å²) in [6.45, 7) is 5.06. The van der Waals surface area contributed by atoms with Crippen LogP contribution in [0.4, 0.5) is 13.2 Å². The maximum absolute atomic E-state index is 13.7. The highest BCUT2D eigenvalue weighted by Gasteiger charge is 2.22. The average Bonchev–Trinajstić information content (AvgIpc) is 2.72. The second-order valence-corrected chi connectivity index (χ2v) is 5.41. The molecule has 0 saturated heterocycles. The van der Waals surface area contributed by atoms with Gasteiger partial charge >= 0.3 is 0 Å². The molecule has 1 aromatic heterocycles. The Bertz CT molecular complexity index is 597. The number of aromatic nitrogens is 2. The molecule has 19 heavy (non-hydrogen) atoms. The largest absolute Gasteiger partial charge is 0.244 e. The fraction of sp³-hybridized carbons (Fsp3) is 0.357. The maximum Gasteiger partial charge on any atom is 0.151 e. The highest BCUT2D eigenvalue weighted by Crippen LogP contribution is 2.27. The Labute approximate surface area is 109 Å². The second-order valence-electron chi connectivity index (χ2n) is 5.41. The molecule has 0 bridgehead atoms. The van der Waals surface area contributed by atoms with Crippen LogP contribution in [-0.2, 0) is 12.1 Å². The molecule has 0 saturated carbocycles. The minimum absolute atomic E-state index is 0.103. The van der Waals surface area contributed by atoms with Gasteiger partial charge in [-0.1, -0.05) is 20.8 Å². The lowest BCUT2D eigenvalue weighted by atomic mass is 9.87. The van der Waals surface area contributed by atoms with Gasteiger partial charge in [-0.25, -0.2) is 17.9 Å². The van der Waals surface area contributed by atoms with Crippen molar-refractivity contribution in [2.75, 3.05) is 0 Å². The third-order valence-corrected chi connectivity index (χ3v) is 2.88. The number of benzene rings is 1. The van der Waals surface area contributed by atoms with Crippen molar-refractivity contribution < 1.29 is 13.2 Å². The van der Waals surface area contributed by atoms with Crippen LogP contribution in [0, 0.1) is 11.6 Å². The zero-order valence-electron chi connectivity index (χ0n) is 11.0. The Balaban J connectivity index is 2.55. The van der Waals surface area contributed by atoms with Gasteiger partial charge in [-0.15, -0.1) is 0 Å². The molecule has 0 spiro atoms. The van der Waals surface area contributed by atoms with E-state index < -0.39 is 18.3 Å². The zero-order valence-corrected chi connectivity index (χ0v) is 11.0. The van der Waals surface area contributed by atoms with Crippen molar-refractivity contribution in [3.8, 4) is 5.69 Å². The van der Waals surface area contributed by atoms with Crippen LogP contribution < -0.4 is 0 Å². The van der Waals surface area contributed by atoms with E-state index in [0.717, 1.165) is 12.1 Å². The molecule has 2 nitrogen and oxygen atoms in total. The zero-order chi connectivity index (χ0) is 14.2. The van der Waals surface area contributed by atoms with Crippen molar-refractivity contribution in [2.45, 2.75) is 32.9 Å². The van der Waals surface area contributed by atoms with Crippen LogP contribution in [0.5, 0.6) is 0 Å². The molecule has 2 aromatic rings. The summed E-state index contributed by atoms with van der Waals surface area (Å²) in [4.78, 5) is 0. The number of hydrogen-bond acceptors (Lipinski definition) is 1. The molecule has 2 rings (SSSR count). The first-order valence-electron chi connectivity index (χ1n) is 5.93. The number of halogens is 3. The lowest BCUT2D eigenvalue weighted by Crippen LogP contribution is -2.12. The summed E-state index contributed by atoms with van der Waals surface area (Å²) in [6, 6.07) is 3.21. The molecule has 0 fully saturated rings. The molecular weight excluding hydrogens is 253 g/mol. The Morgan fingerprint density at radius 2 is 1.89 bits per heavy atom. The van der Waals surface area contributed by atoms with E-state index in [1.54, 1.807) is 6.20 Å². The van der Waals surface area contributed by atoms with Crippen LogP contribution in [0.15, 0.2) is 24.4 Å². The van der Waals surface area contributed by atoms with Gasteiger partial charge in [0.1, 0.15) is 18.2 Å². The van der Waals surface area contributed by atoms with E-state index in [2.05, 4.69) is 5.10 Å². The fourth-order valence-electron chi connectivity index (χ4n) is 1.93. The molecule has 0 unspecified atom stereocenters. The van der Waals surface area contributed by atoms with E-state index in [0.29, 0.717) is 5.56 Å². The van der Waals surface area contributed by atoms with Gasteiger partial charge in [0.25, 0.3) is 0 Å². The molecule has 0 N–H and O–H groups in total.